The number of carbonyl (C=O) groups excluding carboxylic acids is 2. The number of hydrogen-bond donors (Lipinski definition) is 2. The van der Waals surface area contributed by atoms with E-state index in [1.54, 1.807) is 44.2 Å². The highest BCUT2D eigenvalue weighted by Gasteiger charge is 2.45. The maximum absolute atomic E-state index is 12.9. The summed E-state index contributed by atoms with van der Waals surface area (Å²) in [6, 6.07) is 10.8. The SMILES string of the molecule is COc1cc(C2C(C(=O)C(C)C)=C(O)C(=O)N2c2ccccc2)cc(Cl)c1O. The number of aromatic hydroxyl groups is 1. The summed E-state index contributed by atoms with van der Waals surface area (Å²) < 4.78 is 5.16. The largest absolute Gasteiger partial charge is 0.503 e. The van der Waals surface area contributed by atoms with Gasteiger partial charge in [-0.1, -0.05) is 43.6 Å². The fourth-order valence-electron chi connectivity index (χ4n) is 3.25. The van der Waals surface area contributed by atoms with E-state index in [4.69, 9.17) is 16.3 Å². The molecule has 28 heavy (non-hydrogen) atoms. The molecule has 0 radical (unpaired) electrons. The van der Waals surface area contributed by atoms with Crippen LogP contribution < -0.4 is 9.64 Å². The molecule has 0 spiro atoms. The normalized spacial score (nSPS) is 16.8. The van der Waals surface area contributed by atoms with Crippen LogP contribution in [0.2, 0.25) is 5.02 Å². The van der Waals surface area contributed by atoms with Gasteiger partial charge < -0.3 is 14.9 Å². The molecule has 0 bridgehead atoms. The first kappa shape index (κ1) is 19.8. The van der Waals surface area contributed by atoms with E-state index in [1.807, 2.05) is 0 Å². The second-order valence-electron chi connectivity index (χ2n) is 6.75. The Bertz CT molecular complexity index is 968. The number of halogens is 1. The molecule has 1 unspecified atom stereocenters. The molecule has 0 saturated carbocycles. The second kappa shape index (κ2) is 7.56. The van der Waals surface area contributed by atoms with Gasteiger partial charge in [-0.2, -0.15) is 0 Å². The molecule has 2 N–H and O–H groups in total. The summed E-state index contributed by atoms with van der Waals surface area (Å²) in [4.78, 5) is 27.1. The van der Waals surface area contributed by atoms with Crippen LogP contribution in [0.4, 0.5) is 5.69 Å². The van der Waals surface area contributed by atoms with Crippen LogP contribution in [0.1, 0.15) is 25.5 Å². The number of nitrogens with zero attached hydrogens (tertiary/aromatic N) is 1. The molecule has 2 aromatic rings. The van der Waals surface area contributed by atoms with Gasteiger partial charge in [0.25, 0.3) is 5.91 Å². The number of benzene rings is 2. The van der Waals surface area contributed by atoms with E-state index in [9.17, 15) is 19.8 Å². The number of phenolic OH excluding ortho intramolecular Hbond substituents is 1. The smallest absolute Gasteiger partial charge is 0.294 e. The van der Waals surface area contributed by atoms with E-state index >= 15 is 0 Å². The molecule has 2 aromatic carbocycles. The lowest BCUT2D eigenvalue weighted by Crippen LogP contribution is -2.31. The third-order valence-electron chi connectivity index (χ3n) is 4.62. The highest BCUT2D eigenvalue weighted by Crippen LogP contribution is 2.45. The van der Waals surface area contributed by atoms with Gasteiger partial charge in [0.05, 0.1) is 23.7 Å². The average molecular weight is 402 g/mol. The zero-order valence-electron chi connectivity index (χ0n) is 15.6. The van der Waals surface area contributed by atoms with Crippen molar-refractivity contribution in [2.45, 2.75) is 19.9 Å². The van der Waals surface area contributed by atoms with E-state index in [1.165, 1.54) is 24.1 Å². The number of Topliss-reactive ketones (excluding diaryl/α,β-unsaturated/α-hetero) is 1. The molecule has 1 aliphatic rings. The predicted octanol–water partition coefficient (Wildman–Crippen LogP) is 4.18. The van der Waals surface area contributed by atoms with Crippen LogP contribution in [-0.2, 0) is 9.59 Å². The molecule has 0 aliphatic carbocycles. The molecule has 1 aliphatic heterocycles. The molecule has 0 aromatic heterocycles. The van der Waals surface area contributed by atoms with E-state index in [0.29, 0.717) is 11.3 Å². The van der Waals surface area contributed by atoms with Gasteiger partial charge >= 0.3 is 0 Å². The maximum Gasteiger partial charge on any atom is 0.294 e. The van der Waals surface area contributed by atoms with Crippen molar-refractivity contribution in [1.82, 2.24) is 0 Å². The Morgan fingerprint density at radius 2 is 1.82 bits per heavy atom. The van der Waals surface area contributed by atoms with Gasteiger partial charge in [-0.05, 0) is 29.8 Å². The van der Waals surface area contributed by atoms with Crippen LogP contribution in [0.25, 0.3) is 0 Å². The molecule has 6 nitrogen and oxygen atoms in total. The summed E-state index contributed by atoms with van der Waals surface area (Å²) in [7, 11) is 1.37. The molecule has 1 atom stereocenters. The lowest BCUT2D eigenvalue weighted by molar-refractivity contribution is -0.119. The fraction of sp³-hybridized carbons (Fsp3) is 0.238. The Hall–Kier alpha value is -2.99. The molecule has 7 heteroatoms. The standard InChI is InChI=1S/C21H20ClNO5/c1-11(2)18(24)16-17(12-9-14(22)19(25)15(10-12)28-3)23(21(27)20(16)26)13-7-5-4-6-8-13/h4-11,17,25-26H,1-3H3. The fourth-order valence-corrected chi connectivity index (χ4v) is 3.46. The first-order chi connectivity index (χ1) is 13.3. The number of ether oxygens (including phenoxy) is 1. The van der Waals surface area contributed by atoms with Crippen molar-refractivity contribution in [3.05, 3.63) is 64.4 Å². The lowest BCUT2D eigenvalue weighted by Gasteiger charge is -2.28. The third-order valence-corrected chi connectivity index (χ3v) is 4.91. The van der Waals surface area contributed by atoms with Gasteiger partial charge in [0, 0.05) is 11.6 Å². The summed E-state index contributed by atoms with van der Waals surface area (Å²) in [5.41, 5.74) is 0.941. The zero-order chi connectivity index (χ0) is 20.6. The number of amides is 1. The molecule has 1 heterocycles. The van der Waals surface area contributed by atoms with Crippen molar-refractivity contribution >= 4 is 29.0 Å². The number of rotatable bonds is 5. The number of hydrogen-bond acceptors (Lipinski definition) is 5. The monoisotopic (exact) mass is 401 g/mol. The quantitative estimate of drug-likeness (QED) is 0.784. The van der Waals surface area contributed by atoms with Crippen molar-refractivity contribution in [3.63, 3.8) is 0 Å². The molecule has 1 amide bonds. The van der Waals surface area contributed by atoms with Crippen LogP contribution in [0, 0.1) is 5.92 Å². The first-order valence-electron chi connectivity index (χ1n) is 8.70. The maximum atomic E-state index is 12.9. The number of para-hydroxylation sites is 1. The highest BCUT2D eigenvalue weighted by molar-refractivity contribution is 6.32. The van der Waals surface area contributed by atoms with Gasteiger partial charge in [0.1, 0.15) is 0 Å². The number of carbonyl (C=O) groups is 2. The number of aliphatic hydroxyl groups excluding tert-OH is 1. The molecule has 0 saturated heterocycles. The van der Waals surface area contributed by atoms with Crippen LogP contribution in [0.15, 0.2) is 53.8 Å². The number of ketones is 1. The minimum atomic E-state index is -0.906. The van der Waals surface area contributed by atoms with Crippen LogP contribution >= 0.6 is 11.6 Å². The zero-order valence-corrected chi connectivity index (χ0v) is 16.4. The van der Waals surface area contributed by atoms with Crippen molar-refractivity contribution < 1.29 is 24.5 Å². The Morgan fingerprint density at radius 1 is 1.18 bits per heavy atom. The summed E-state index contributed by atoms with van der Waals surface area (Å²) >= 11 is 6.14. The van der Waals surface area contributed by atoms with E-state index < -0.39 is 23.6 Å². The van der Waals surface area contributed by atoms with E-state index in [2.05, 4.69) is 0 Å². The Balaban J connectivity index is 2.25. The number of anilines is 1. The number of aliphatic hydroxyl groups is 1. The van der Waals surface area contributed by atoms with Gasteiger partial charge in [0.2, 0.25) is 0 Å². The molecule has 3 rings (SSSR count). The minimum absolute atomic E-state index is 0.00679. The van der Waals surface area contributed by atoms with Crippen molar-refractivity contribution in [2.75, 3.05) is 12.0 Å². The van der Waals surface area contributed by atoms with Gasteiger partial charge in [0.15, 0.2) is 23.0 Å². The van der Waals surface area contributed by atoms with E-state index in [0.717, 1.165) is 0 Å². The van der Waals surface area contributed by atoms with Gasteiger partial charge in [-0.3, -0.25) is 14.5 Å². The Labute approximate surface area is 167 Å². The van der Waals surface area contributed by atoms with Gasteiger partial charge in [-0.15, -0.1) is 0 Å². The lowest BCUT2D eigenvalue weighted by atomic mass is 9.91. The topological polar surface area (TPSA) is 87.1 Å². The van der Waals surface area contributed by atoms with Crippen LogP contribution in [0.3, 0.4) is 0 Å². The van der Waals surface area contributed by atoms with Crippen LogP contribution in [-0.4, -0.2) is 29.0 Å². The predicted molar refractivity (Wildman–Crippen MR) is 106 cm³/mol. The average Bonchev–Trinajstić information content (AvgIpc) is 2.95. The van der Waals surface area contributed by atoms with Crippen molar-refractivity contribution in [2.24, 2.45) is 5.92 Å². The van der Waals surface area contributed by atoms with Crippen molar-refractivity contribution in [1.29, 1.82) is 0 Å². The van der Waals surface area contributed by atoms with Crippen LogP contribution in [0.5, 0.6) is 11.5 Å². The first-order valence-corrected chi connectivity index (χ1v) is 9.08. The molecular weight excluding hydrogens is 382 g/mol. The summed E-state index contributed by atoms with van der Waals surface area (Å²) in [6.45, 7) is 3.39. The molecule has 0 fully saturated rings. The summed E-state index contributed by atoms with van der Waals surface area (Å²) in [5, 5.41) is 20.6. The summed E-state index contributed by atoms with van der Waals surface area (Å²) in [5.74, 6) is -2.19. The molecular formula is C21H20ClNO5. The van der Waals surface area contributed by atoms with E-state index in [-0.39, 0.29) is 27.9 Å². The second-order valence-corrected chi connectivity index (χ2v) is 7.16. The number of methoxy groups -OCH3 is 1. The van der Waals surface area contributed by atoms with Gasteiger partial charge in [-0.25, -0.2) is 0 Å². The minimum Gasteiger partial charge on any atom is -0.503 e. The Morgan fingerprint density at radius 3 is 2.39 bits per heavy atom. The number of phenols is 1. The summed E-state index contributed by atoms with van der Waals surface area (Å²) in [6.07, 6.45) is 0. The third kappa shape index (κ3) is 3.20. The highest BCUT2D eigenvalue weighted by atomic mass is 35.5. The Kier molecular flexibility index (Phi) is 5.34. The van der Waals surface area contributed by atoms with Crippen molar-refractivity contribution in [3.8, 4) is 11.5 Å². The molecule has 146 valence electrons.